The second-order valence-electron chi connectivity index (χ2n) is 6.83. The van der Waals surface area contributed by atoms with E-state index in [-0.39, 0.29) is 5.75 Å². The fourth-order valence-corrected chi connectivity index (χ4v) is 3.42. The molecule has 2 aromatic carbocycles. The number of nitrogens with zero attached hydrogens (tertiary/aromatic N) is 3. The van der Waals surface area contributed by atoms with Crippen molar-refractivity contribution in [2.24, 2.45) is 4.99 Å². The first-order chi connectivity index (χ1) is 13.1. The van der Waals surface area contributed by atoms with E-state index in [2.05, 4.69) is 17.6 Å². The molecule has 0 saturated carbocycles. The number of hydrogen-bond donors (Lipinski definition) is 1. The zero-order chi connectivity index (χ0) is 19.2. The fraction of sp³-hybridized carbons (Fsp3) is 0.364. The molecular formula is C22H26ClN3O. The third-order valence-electron chi connectivity index (χ3n) is 4.74. The van der Waals surface area contributed by atoms with Crippen LogP contribution in [-0.2, 0) is 6.54 Å². The van der Waals surface area contributed by atoms with Gasteiger partial charge < -0.3 is 9.67 Å². The number of phenolic OH excluding ortho intramolecular Hbond substituents is 1. The van der Waals surface area contributed by atoms with E-state index < -0.39 is 0 Å². The standard InChI is InChI=1S/C22H26ClN3O/c1-3-4-5-6-9-14-26-20-11-8-7-10-19(20)25-22(26)24-16(2)18-15-17(23)12-13-21(18)27/h7-8,10-13,15,27H,3-6,9,14H2,1-2H3/b24-16-. The van der Waals surface area contributed by atoms with Crippen molar-refractivity contribution >= 4 is 34.3 Å². The Bertz CT molecular complexity index is 946. The maximum atomic E-state index is 10.1. The molecular weight excluding hydrogens is 358 g/mol. The lowest BCUT2D eigenvalue weighted by molar-refractivity contribution is 0.474. The summed E-state index contributed by atoms with van der Waals surface area (Å²) in [5.41, 5.74) is 3.35. The molecule has 1 heterocycles. The average molecular weight is 384 g/mol. The smallest absolute Gasteiger partial charge is 0.230 e. The molecule has 0 amide bonds. The van der Waals surface area contributed by atoms with Gasteiger partial charge in [-0.1, -0.05) is 56.3 Å². The van der Waals surface area contributed by atoms with Gasteiger partial charge in [0.05, 0.1) is 16.7 Å². The molecule has 142 valence electrons. The number of halogens is 1. The van der Waals surface area contributed by atoms with E-state index in [0.717, 1.165) is 24.0 Å². The number of hydrogen-bond acceptors (Lipinski definition) is 3. The average Bonchev–Trinajstić information content (AvgIpc) is 3.00. The zero-order valence-electron chi connectivity index (χ0n) is 16.0. The van der Waals surface area contributed by atoms with E-state index >= 15 is 0 Å². The van der Waals surface area contributed by atoms with E-state index in [9.17, 15) is 5.11 Å². The van der Waals surface area contributed by atoms with Gasteiger partial charge in [-0.2, -0.15) is 0 Å². The van der Waals surface area contributed by atoms with Crippen LogP contribution < -0.4 is 0 Å². The molecule has 3 rings (SSSR count). The summed E-state index contributed by atoms with van der Waals surface area (Å²) < 4.78 is 2.17. The van der Waals surface area contributed by atoms with Crippen LogP contribution in [-0.4, -0.2) is 20.4 Å². The van der Waals surface area contributed by atoms with Gasteiger partial charge >= 0.3 is 0 Å². The summed E-state index contributed by atoms with van der Waals surface area (Å²) in [7, 11) is 0. The Morgan fingerprint density at radius 3 is 2.70 bits per heavy atom. The van der Waals surface area contributed by atoms with Gasteiger partial charge in [-0.3, -0.25) is 0 Å². The number of rotatable bonds is 8. The molecule has 0 atom stereocenters. The van der Waals surface area contributed by atoms with Crippen LogP contribution in [0.3, 0.4) is 0 Å². The van der Waals surface area contributed by atoms with Crippen LogP contribution in [0.4, 0.5) is 5.95 Å². The van der Waals surface area contributed by atoms with Crippen molar-refractivity contribution in [1.82, 2.24) is 9.55 Å². The maximum Gasteiger partial charge on any atom is 0.230 e. The van der Waals surface area contributed by atoms with E-state index in [4.69, 9.17) is 21.6 Å². The molecule has 0 saturated heterocycles. The largest absolute Gasteiger partial charge is 0.507 e. The highest BCUT2D eigenvalue weighted by molar-refractivity contribution is 6.31. The molecule has 3 aromatic rings. The minimum absolute atomic E-state index is 0.169. The van der Waals surface area contributed by atoms with Crippen molar-refractivity contribution in [3.05, 3.63) is 53.1 Å². The monoisotopic (exact) mass is 383 g/mol. The van der Waals surface area contributed by atoms with Crippen molar-refractivity contribution < 1.29 is 5.11 Å². The third kappa shape index (κ3) is 4.69. The Labute approximate surface area is 165 Å². The van der Waals surface area contributed by atoms with Gasteiger partial charge in [-0.05, 0) is 43.7 Å². The van der Waals surface area contributed by atoms with Crippen molar-refractivity contribution in [3.8, 4) is 5.75 Å². The molecule has 0 fully saturated rings. The summed E-state index contributed by atoms with van der Waals surface area (Å²) in [5.74, 6) is 0.839. The molecule has 4 nitrogen and oxygen atoms in total. The fourth-order valence-electron chi connectivity index (χ4n) is 3.25. The Morgan fingerprint density at radius 2 is 1.89 bits per heavy atom. The van der Waals surface area contributed by atoms with Crippen LogP contribution in [0.5, 0.6) is 5.75 Å². The second-order valence-corrected chi connectivity index (χ2v) is 7.26. The third-order valence-corrected chi connectivity index (χ3v) is 4.97. The zero-order valence-corrected chi connectivity index (χ0v) is 16.7. The normalized spacial score (nSPS) is 12.0. The van der Waals surface area contributed by atoms with E-state index in [0.29, 0.717) is 22.2 Å². The number of imidazole rings is 1. The number of fused-ring (bicyclic) bond motifs is 1. The van der Waals surface area contributed by atoms with Crippen LogP contribution in [0.15, 0.2) is 47.5 Å². The minimum atomic E-state index is 0.169. The van der Waals surface area contributed by atoms with Crippen LogP contribution in [0.2, 0.25) is 5.02 Å². The predicted octanol–water partition coefficient (Wildman–Crippen LogP) is 6.51. The molecule has 0 aliphatic heterocycles. The van der Waals surface area contributed by atoms with Gasteiger partial charge in [0.1, 0.15) is 5.75 Å². The summed E-state index contributed by atoms with van der Waals surface area (Å²) in [6, 6.07) is 13.1. The number of phenols is 1. The van der Waals surface area contributed by atoms with Gasteiger partial charge in [-0.25, -0.2) is 9.98 Å². The summed E-state index contributed by atoms with van der Waals surface area (Å²) in [6.07, 6.45) is 6.09. The van der Waals surface area contributed by atoms with Crippen molar-refractivity contribution in [2.75, 3.05) is 0 Å². The SMILES string of the molecule is CCCCCCCn1c(/N=C(/C)c2cc(Cl)ccc2O)nc2ccccc21. The summed E-state index contributed by atoms with van der Waals surface area (Å²) in [5, 5.41) is 10.7. The molecule has 5 heteroatoms. The van der Waals surface area contributed by atoms with E-state index in [1.54, 1.807) is 18.2 Å². The highest BCUT2D eigenvalue weighted by Gasteiger charge is 2.12. The Balaban J connectivity index is 1.93. The quantitative estimate of drug-likeness (QED) is 0.356. The molecule has 0 radical (unpaired) electrons. The second kappa shape index (κ2) is 9.05. The first-order valence-corrected chi connectivity index (χ1v) is 9.97. The summed E-state index contributed by atoms with van der Waals surface area (Å²) in [6.45, 7) is 4.98. The van der Waals surface area contributed by atoms with Gasteiger partial charge in [0, 0.05) is 17.1 Å². The van der Waals surface area contributed by atoms with Gasteiger partial charge in [0.2, 0.25) is 5.95 Å². The highest BCUT2D eigenvalue weighted by atomic mass is 35.5. The number of para-hydroxylation sites is 2. The molecule has 0 spiro atoms. The molecule has 1 aromatic heterocycles. The lowest BCUT2D eigenvalue weighted by Gasteiger charge is -2.08. The topological polar surface area (TPSA) is 50.4 Å². The Hall–Kier alpha value is -2.33. The molecule has 0 unspecified atom stereocenters. The van der Waals surface area contributed by atoms with Crippen LogP contribution in [0.25, 0.3) is 11.0 Å². The first kappa shape index (κ1) is 19.4. The van der Waals surface area contributed by atoms with Crippen LogP contribution in [0.1, 0.15) is 51.5 Å². The van der Waals surface area contributed by atoms with Gasteiger partial charge in [0.15, 0.2) is 0 Å². The van der Waals surface area contributed by atoms with Crippen molar-refractivity contribution in [2.45, 2.75) is 52.5 Å². The number of aryl methyl sites for hydroxylation is 1. The highest BCUT2D eigenvalue weighted by Crippen LogP contribution is 2.26. The Morgan fingerprint density at radius 1 is 1.11 bits per heavy atom. The molecule has 1 N–H and O–H groups in total. The molecule has 0 aliphatic rings. The molecule has 0 aliphatic carbocycles. The number of aliphatic imine (C=N–C) groups is 1. The maximum absolute atomic E-state index is 10.1. The Kier molecular flexibility index (Phi) is 6.51. The van der Waals surface area contributed by atoms with Gasteiger partial charge in [0.25, 0.3) is 0 Å². The summed E-state index contributed by atoms with van der Waals surface area (Å²) in [4.78, 5) is 9.44. The number of benzene rings is 2. The number of unbranched alkanes of at least 4 members (excludes halogenated alkanes) is 4. The number of aromatic nitrogens is 2. The minimum Gasteiger partial charge on any atom is -0.507 e. The van der Waals surface area contributed by atoms with Crippen molar-refractivity contribution in [1.29, 1.82) is 0 Å². The lowest BCUT2D eigenvalue weighted by atomic mass is 10.1. The van der Waals surface area contributed by atoms with Crippen molar-refractivity contribution in [3.63, 3.8) is 0 Å². The molecule has 0 bridgehead atoms. The van der Waals surface area contributed by atoms with E-state index in [1.165, 1.54) is 25.7 Å². The number of aromatic hydroxyl groups is 1. The van der Waals surface area contributed by atoms with Crippen LogP contribution in [0, 0.1) is 0 Å². The first-order valence-electron chi connectivity index (χ1n) is 9.59. The van der Waals surface area contributed by atoms with Crippen LogP contribution >= 0.6 is 11.6 Å². The van der Waals surface area contributed by atoms with Gasteiger partial charge in [-0.15, -0.1) is 0 Å². The van der Waals surface area contributed by atoms with E-state index in [1.807, 2.05) is 25.1 Å². The predicted molar refractivity (Wildman–Crippen MR) is 113 cm³/mol. The lowest BCUT2D eigenvalue weighted by Crippen LogP contribution is -2.00. The molecule has 27 heavy (non-hydrogen) atoms. The summed E-state index contributed by atoms with van der Waals surface area (Å²) >= 11 is 6.08.